The number of nitrogens with two attached hydrogens (primary N) is 2. The molecule has 0 fully saturated rings. The molecule has 0 aliphatic rings. The number of amides is 2. The molecule has 0 unspecified atom stereocenters. The molecule has 0 saturated carbocycles. The van der Waals surface area contributed by atoms with Gasteiger partial charge in [0.1, 0.15) is 0 Å². The van der Waals surface area contributed by atoms with E-state index >= 15 is 0 Å². The van der Waals surface area contributed by atoms with E-state index < -0.39 is 20.1 Å². The van der Waals surface area contributed by atoms with Crippen LogP contribution < -0.4 is 11.5 Å². The number of halogens is 7. The molecule has 0 spiro atoms. The van der Waals surface area contributed by atoms with Crippen LogP contribution in [0.25, 0.3) is 0 Å². The van der Waals surface area contributed by atoms with Crippen LogP contribution in [0.2, 0.25) is 0 Å². The van der Waals surface area contributed by atoms with Crippen molar-refractivity contribution in [3.05, 3.63) is 0 Å². The summed E-state index contributed by atoms with van der Waals surface area (Å²) in [5.74, 6) is 0. The maximum absolute atomic E-state index is 10.5. The van der Waals surface area contributed by atoms with E-state index in [0.29, 0.717) is 0 Å². The summed E-state index contributed by atoms with van der Waals surface area (Å²) < 4.78 is 3.50. The van der Waals surface area contributed by atoms with E-state index in [2.05, 4.69) is 20.9 Å². The van der Waals surface area contributed by atoms with Gasteiger partial charge in [-0.15, -0.1) is 12.4 Å². The number of carbonyl (C=O) groups is 2. The normalized spacial score (nSPS) is 10.2. The van der Waals surface area contributed by atoms with Gasteiger partial charge in [0.15, 0.2) is 0 Å². The summed E-state index contributed by atoms with van der Waals surface area (Å²) in [6.07, 6.45) is -1.41. The van der Waals surface area contributed by atoms with Gasteiger partial charge in [-0.25, -0.2) is 9.59 Å². The molecule has 4 N–H and O–H groups in total. The molecule has 0 bridgehead atoms. The zero-order valence-electron chi connectivity index (χ0n) is 7.46. The Morgan fingerprint density at radius 3 is 1.12 bits per heavy atom. The van der Waals surface area contributed by atoms with Crippen molar-refractivity contribution in [1.29, 1.82) is 0 Å². The van der Waals surface area contributed by atoms with Crippen LogP contribution in [0.5, 0.6) is 0 Å². The Hall–Kier alpha value is 0.570. The molecular formula is C4H5Cl7N2O4. The lowest BCUT2D eigenvalue weighted by Crippen LogP contribution is -2.22. The van der Waals surface area contributed by atoms with Crippen LogP contribution in [0, 0.1) is 0 Å². The van der Waals surface area contributed by atoms with Gasteiger partial charge < -0.3 is 20.9 Å². The smallest absolute Gasteiger partial charge is 0.382 e. The molecule has 0 heterocycles. The maximum atomic E-state index is 10.5. The summed E-state index contributed by atoms with van der Waals surface area (Å²) in [6, 6.07) is -0.833. The van der Waals surface area contributed by atoms with Gasteiger partial charge in [0, 0.05) is 0 Å². The molecule has 0 radical (unpaired) electrons. The summed E-state index contributed by atoms with van der Waals surface area (Å²) in [5, 5.41) is 0. The average Bonchev–Trinajstić information content (AvgIpc) is 1.72. The highest BCUT2D eigenvalue weighted by Gasteiger charge is 2.32. The van der Waals surface area contributed by atoms with E-state index in [9.17, 15) is 4.79 Å². The van der Waals surface area contributed by atoms with E-state index in [1.807, 2.05) is 0 Å². The number of ether oxygens (including phenoxy) is 2. The summed E-state index contributed by atoms with van der Waals surface area (Å²) in [5.41, 5.74) is 8.50. The van der Waals surface area contributed by atoms with E-state index in [1.54, 1.807) is 0 Å². The summed E-state index contributed by atoms with van der Waals surface area (Å²) in [7, 11) is 0. The summed E-state index contributed by atoms with van der Waals surface area (Å²) in [4.78, 5) is 19.5. The molecule has 6 nitrogen and oxygen atoms in total. The highest BCUT2D eigenvalue weighted by Crippen LogP contribution is 2.32. The van der Waals surface area contributed by atoms with Crippen LogP contribution in [-0.2, 0) is 9.47 Å². The average molecular weight is 393 g/mol. The third kappa shape index (κ3) is 31.5. The van der Waals surface area contributed by atoms with E-state index in [-0.39, 0.29) is 12.4 Å². The number of primary amides is 2. The van der Waals surface area contributed by atoms with Crippen molar-refractivity contribution in [3.8, 4) is 0 Å². The zero-order valence-corrected chi connectivity index (χ0v) is 12.8. The van der Waals surface area contributed by atoms with Crippen LogP contribution in [0.15, 0.2) is 0 Å². The van der Waals surface area contributed by atoms with Gasteiger partial charge in [0.25, 0.3) is 0 Å². The molecule has 0 aromatic carbocycles. The van der Waals surface area contributed by atoms with Gasteiger partial charge in [0.2, 0.25) is 0 Å². The topological polar surface area (TPSA) is 105 Å². The monoisotopic (exact) mass is 390 g/mol. The number of hydrogen-bond acceptors (Lipinski definition) is 4. The molecule has 0 aromatic rings. The van der Waals surface area contributed by atoms with Crippen LogP contribution in [0.3, 0.4) is 0 Å². The van der Waals surface area contributed by atoms with E-state index in [0.717, 1.165) is 0 Å². The minimum absolute atomic E-state index is 0. The number of hydrogen-bond donors (Lipinski definition) is 2. The third-order valence-corrected chi connectivity index (χ3v) is 0.861. The molecule has 0 aliphatic carbocycles. The van der Waals surface area contributed by atoms with Crippen LogP contribution in [0.1, 0.15) is 0 Å². The fourth-order valence-electron chi connectivity index (χ4n) is 0.210. The van der Waals surface area contributed by atoms with Crippen LogP contribution in [0.4, 0.5) is 9.59 Å². The van der Waals surface area contributed by atoms with Gasteiger partial charge >= 0.3 is 20.1 Å². The zero-order chi connectivity index (χ0) is 13.6. The first kappa shape index (κ1) is 22.7. The van der Waals surface area contributed by atoms with Gasteiger partial charge in [0.05, 0.1) is 0 Å². The standard InChI is InChI=1S/C3Cl6O3.CH4N2O.ClH/c4-2(5,6)11-1(10)12-3(7,8)9;2-1(3)4;/h;(H4,2,3,4);1H. The summed E-state index contributed by atoms with van der Waals surface area (Å²) in [6.45, 7) is 0. The Labute approximate surface area is 132 Å². The van der Waals surface area contributed by atoms with Gasteiger partial charge in [-0.05, 0) is 69.6 Å². The van der Waals surface area contributed by atoms with Crippen molar-refractivity contribution in [2.24, 2.45) is 11.5 Å². The third-order valence-electron chi connectivity index (χ3n) is 0.398. The van der Waals surface area contributed by atoms with Crippen molar-refractivity contribution in [2.75, 3.05) is 0 Å². The first-order valence-electron chi connectivity index (χ1n) is 2.94. The molecule has 13 heteroatoms. The van der Waals surface area contributed by atoms with Crippen molar-refractivity contribution in [3.63, 3.8) is 0 Å². The second-order valence-electron chi connectivity index (χ2n) is 1.75. The largest absolute Gasteiger partial charge is 0.515 e. The highest BCUT2D eigenvalue weighted by atomic mass is 35.6. The molecule has 104 valence electrons. The summed E-state index contributed by atoms with van der Waals surface area (Å²) >= 11 is 30.2. The number of alkyl halides is 6. The Kier molecular flexibility index (Phi) is 12.7. The first-order chi connectivity index (χ1) is 6.83. The lowest BCUT2D eigenvalue weighted by atomic mass is 11.2. The lowest BCUT2D eigenvalue weighted by Gasteiger charge is -2.15. The van der Waals surface area contributed by atoms with Crippen LogP contribution in [-0.4, -0.2) is 20.1 Å². The minimum atomic E-state index is -2.24. The highest BCUT2D eigenvalue weighted by molar-refractivity contribution is 6.67. The molecule has 2 amide bonds. The molecule has 0 atom stereocenters. The number of urea groups is 1. The molecule has 0 aromatic heterocycles. The Bertz CT molecular complexity index is 227. The molecule has 0 saturated heterocycles. The Morgan fingerprint density at radius 2 is 1.00 bits per heavy atom. The lowest BCUT2D eigenvalue weighted by molar-refractivity contribution is 0.0508. The molecule has 0 aliphatic heterocycles. The SMILES string of the molecule is Cl.NC(N)=O.O=C(OC(Cl)(Cl)Cl)OC(Cl)(Cl)Cl. The number of rotatable bonds is 0. The van der Waals surface area contributed by atoms with E-state index in [4.69, 9.17) is 74.4 Å². The van der Waals surface area contributed by atoms with Crippen LogP contribution >= 0.6 is 82.0 Å². The Morgan fingerprint density at radius 1 is 0.824 bits per heavy atom. The molecule has 0 rings (SSSR count). The van der Waals surface area contributed by atoms with Crippen molar-refractivity contribution in [1.82, 2.24) is 0 Å². The van der Waals surface area contributed by atoms with Crippen molar-refractivity contribution in [2.45, 2.75) is 7.96 Å². The molecular weight excluding hydrogens is 388 g/mol. The fraction of sp³-hybridized carbons (Fsp3) is 0.500. The van der Waals surface area contributed by atoms with E-state index in [1.165, 1.54) is 0 Å². The van der Waals surface area contributed by atoms with Gasteiger partial charge in [-0.3, -0.25) is 0 Å². The van der Waals surface area contributed by atoms with Crippen molar-refractivity contribution < 1.29 is 19.1 Å². The minimum Gasteiger partial charge on any atom is -0.382 e. The van der Waals surface area contributed by atoms with Gasteiger partial charge in [-0.1, -0.05) is 0 Å². The quantitative estimate of drug-likeness (QED) is 0.487. The Balaban J connectivity index is -0.000000340. The predicted molar refractivity (Wildman–Crippen MR) is 69.2 cm³/mol. The maximum Gasteiger partial charge on any atom is 0.515 e. The van der Waals surface area contributed by atoms with Gasteiger partial charge in [-0.2, -0.15) is 0 Å². The number of carbonyl (C=O) groups excluding carboxylic acids is 2. The second-order valence-corrected chi connectivity index (χ2v) is 6.10. The second kappa shape index (κ2) is 9.49. The predicted octanol–water partition coefficient (Wildman–Crippen LogP) is 3.24. The fourth-order valence-corrected chi connectivity index (χ4v) is 0.588. The molecule has 17 heavy (non-hydrogen) atoms. The van der Waals surface area contributed by atoms with Crippen molar-refractivity contribution >= 4 is 94.2 Å². The first-order valence-corrected chi connectivity index (χ1v) is 5.20.